The van der Waals surface area contributed by atoms with Crippen LogP contribution in [0.3, 0.4) is 0 Å². The van der Waals surface area contributed by atoms with Gasteiger partial charge >= 0.3 is 0 Å². The smallest absolute Gasteiger partial charge is 0.251 e. The number of hydrogen-bond acceptors (Lipinski definition) is 2. The van der Waals surface area contributed by atoms with Crippen molar-refractivity contribution in [2.45, 2.75) is 12.8 Å². The van der Waals surface area contributed by atoms with Crippen molar-refractivity contribution in [1.29, 1.82) is 0 Å². The van der Waals surface area contributed by atoms with Crippen LogP contribution in [0.2, 0.25) is 0 Å². The first-order chi connectivity index (χ1) is 10.3. The first-order valence-electron chi connectivity index (χ1n) is 7.24. The van der Waals surface area contributed by atoms with E-state index >= 15 is 0 Å². The monoisotopic (exact) mass is 283 g/mol. The third-order valence-corrected chi connectivity index (χ3v) is 3.32. The van der Waals surface area contributed by atoms with Gasteiger partial charge in [0.25, 0.3) is 5.91 Å². The van der Waals surface area contributed by atoms with Crippen LogP contribution in [-0.2, 0) is 4.74 Å². The van der Waals surface area contributed by atoms with Crippen LogP contribution < -0.4 is 5.32 Å². The Morgan fingerprint density at radius 1 is 0.952 bits per heavy atom. The maximum atomic E-state index is 12.0. The highest BCUT2D eigenvalue weighted by molar-refractivity contribution is 5.94. The van der Waals surface area contributed by atoms with Crippen molar-refractivity contribution >= 4 is 5.91 Å². The van der Waals surface area contributed by atoms with Gasteiger partial charge in [0.2, 0.25) is 0 Å². The number of amides is 1. The summed E-state index contributed by atoms with van der Waals surface area (Å²) in [4.78, 5) is 12.0. The molecule has 0 aliphatic carbocycles. The van der Waals surface area contributed by atoms with Crippen molar-refractivity contribution < 1.29 is 9.53 Å². The highest BCUT2D eigenvalue weighted by Crippen LogP contribution is 2.19. The summed E-state index contributed by atoms with van der Waals surface area (Å²) >= 11 is 0. The van der Waals surface area contributed by atoms with Gasteiger partial charge in [-0.1, -0.05) is 42.5 Å². The van der Waals surface area contributed by atoms with Crippen molar-refractivity contribution in [2.24, 2.45) is 0 Å². The van der Waals surface area contributed by atoms with Crippen LogP contribution in [0, 0.1) is 0 Å². The number of carbonyl (C=O) groups is 1. The second-order valence-corrected chi connectivity index (χ2v) is 4.90. The number of hydrogen-bond donors (Lipinski definition) is 1. The van der Waals surface area contributed by atoms with E-state index in [1.807, 2.05) is 42.5 Å². The standard InChI is InChI=1S/C18H21NO2/c1-21-14-6-5-13-19-18(20)17-11-9-16(10-12-17)15-7-3-2-4-8-15/h2-4,7-12H,5-6,13-14H2,1H3,(H,19,20). The molecular formula is C18H21NO2. The highest BCUT2D eigenvalue weighted by Gasteiger charge is 2.05. The lowest BCUT2D eigenvalue weighted by molar-refractivity contribution is 0.0951. The van der Waals surface area contributed by atoms with E-state index in [9.17, 15) is 4.79 Å². The average molecular weight is 283 g/mol. The van der Waals surface area contributed by atoms with E-state index in [4.69, 9.17) is 4.74 Å². The summed E-state index contributed by atoms with van der Waals surface area (Å²) in [5.41, 5.74) is 2.97. The Balaban J connectivity index is 1.88. The molecule has 2 aromatic carbocycles. The summed E-state index contributed by atoms with van der Waals surface area (Å²) in [5.74, 6) is -0.0213. The zero-order valence-corrected chi connectivity index (χ0v) is 12.3. The number of rotatable bonds is 7. The molecule has 0 radical (unpaired) electrons. The van der Waals surface area contributed by atoms with Crippen LogP contribution in [0.25, 0.3) is 11.1 Å². The van der Waals surface area contributed by atoms with Crippen molar-refractivity contribution in [1.82, 2.24) is 5.32 Å². The highest BCUT2D eigenvalue weighted by atomic mass is 16.5. The SMILES string of the molecule is COCCCCNC(=O)c1ccc(-c2ccccc2)cc1. The number of unbranched alkanes of at least 4 members (excludes halogenated alkanes) is 1. The lowest BCUT2D eigenvalue weighted by atomic mass is 10.0. The van der Waals surface area contributed by atoms with Crippen molar-refractivity contribution in [3.8, 4) is 11.1 Å². The molecule has 0 bridgehead atoms. The van der Waals surface area contributed by atoms with Crippen LogP contribution in [0.4, 0.5) is 0 Å². The average Bonchev–Trinajstić information content (AvgIpc) is 2.55. The van der Waals surface area contributed by atoms with Gasteiger partial charge < -0.3 is 10.1 Å². The van der Waals surface area contributed by atoms with Gasteiger partial charge in [0.05, 0.1) is 0 Å². The number of benzene rings is 2. The maximum Gasteiger partial charge on any atom is 0.251 e. The van der Waals surface area contributed by atoms with Crippen molar-refractivity contribution in [2.75, 3.05) is 20.3 Å². The van der Waals surface area contributed by atoms with Gasteiger partial charge in [-0.3, -0.25) is 4.79 Å². The van der Waals surface area contributed by atoms with E-state index in [2.05, 4.69) is 17.4 Å². The van der Waals surface area contributed by atoms with E-state index < -0.39 is 0 Å². The van der Waals surface area contributed by atoms with Gasteiger partial charge in [-0.05, 0) is 36.1 Å². The number of nitrogens with one attached hydrogen (secondary N) is 1. The molecule has 0 unspecified atom stereocenters. The molecule has 110 valence electrons. The predicted octanol–water partition coefficient (Wildman–Crippen LogP) is 3.51. The van der Waals surface area contributed by atoms with Gasteiger partial charge in [-0.2, -0.15) is 0 Å². The van der Waals surface area contributed by atoms with Gasteiger partial charge in [0, 0.05) is 25.8 Å². The molecule has 3 nitrogen and oxygen atoms in total. The normalized spacial score (nSPS) is 10.3. The predicted molar refractivity (Wildman–Crippen MR) is 85.3 cm³/mol. The first kappa shape index (κ1) is 15.3. The minimum Gasteiger partial charge on any atom is -0.385 e. The third kappa shape index (κ3) is 4.72. The molecule has 0 fully saturated rings. The number of ether oxygens (including phenoxy) is 1. The first-order valence-corrected chi connectivity index (χ1v) is 7.24. The molecular weight excluding hydrogens is 262 g/mol. The molecule has 0 heterocycles. The maximum absolute atomic E-state index is 12.0. The molecule has 2 aromatic rings. The summed E-state index contributed by atoms with van der Waals surface area (Å²) in [6.45, 7) is 1.42. The summed E-state index contributed by atoms with van der Waals surface area (Å²) in [6.07, 6.45) is 1.89. The van der Waals surface area contributed by atoms with E-state index in [0.29, 0.717) is 12.1 Å². The molecule has 0 aromatic heterocycles. The quantitative estimate of drug-likeness (QED) is 0.790. The van der Waals surface area contributed by atoms with E-state index in [1.165, 1.54) is 0 Å². The Morgan fingerprint density at radius 2 is 1.62 bits per heavy atom. The van der Waals surface area contributed by atoms with Crippen LogP contribution in [0.5, 0.6) is 0 Å². The number of methoxy groups -OCH3 is 1. The lowest BCUT2D eigenvalue weighted by Crippen LogP contribution is -2.24. The Morgan fingerprint density at radius 3 is 2.29 bits per heavy atom. The fraction of sp³-hybridized carbons (Fsp3) is 0.278. The summed E-state index contributed by atoms with van der Waals surface area (Å²) in [6, 6.07) is 17.8. The molecule has 3 heteroatoms. The minimum atomic E-state index is -0.0213. The van der Waals surface area contributed by atoms with Crippen LogP contribution >= 0.6 is 0 Å². The third-order valence-electron chi connectivity index (χ3n) is 3.32. The Bertz CT molecular complexity index is 549. The van der Waals surface area contributed by atoms with Crippen LogP contribution in [0.1, 0.15) is 23.2 Å². The van der Waals surface area contributed by atoms with Crippen LogP contribution in [0.15, 0.2) is 54.6 Å². The molecule has 0 saturated carbocycles. The van der Waals surface area contributed by atoms with Crippen molar-refractivity contribution in [3.63, 3.8) is 0 Å². The molecule has 0 atom stereocenters. The van der Waals surface area contributed by atoms with E-state index in [0.717, 1.165) is 30.6 Å². The molecule has 1 N–H and O–H groups in total. The zero-order chi connectivity index (χ0) is 14.9. The lowest BCUT2D eigenvalue weighted by Gasteiger charge is -2.06. The van der Waals surface area contributed by atoms with Gasteiger partial charge in [0.15, 0.2) is 0 Å². The Labute approximate surface area is 126 Å². The van der Waals surface area contributed by atoms with Crippen LogP contribution in [-0.4, -0.2) is 26.2 Å². The second-order valence-electron chi connectivity index (χ2n) is 4.90. The summed E-state index contributed by atoms with van der Waals surface area (Å²) in [5, 5.41) is 2.92. The molecule has 0 aliphatic heterocycles. The zero-order valence-electron chi connectivity index (χ0n) is 12.3. The topological polar surface area (TPSA) is 38.3 Å². The minimum absolute atomic E-state index is 0.0213. The van der Waals surface area contributed by atoms with Crippen molar-refractivity contribution in [3.05, 3.63) is 60.2 Å². The molecule has 2 rings (SSSR count). The van der Waals surface area contributed by atoms with E-state index in [1.54, 1.807) is 7.11 Å². The summed E-state index contributed by atoms with van der Waals surface area (Å²) in [7, 11) is 1.69. The fourth-order valence-corrected chi connectivity index (χ4v) is 2.12. The Kier molecular flexibility index (Phi) is 5.98. The molecule has 0 saturated heterocycles. The summed E-state index contributed by atoms with van der Waals surface area (Å²) < 4.78 is 4.98. The molecule has 1 amide bonds. The van der Waals surface area contributed by atoms with E-state index in [-0.39, 0.29) is 5.91 Å². The van der Waals surface area contributed by atoms with Gasteiger partial charge in [-0.15, -0.1) is 0 Å². The number of carbonyl (C=O) groups excluding carboxylic acids is 1. The molecule has 21 heavy (non-hydrogen) atoms. The Hall–Kier alpha value is -2.13. The largest absolute Gasteiger partial charge is 0.385 e. The van der Waals surface area contributed by atoms with Gasteiger partial charge in [0.1, 0.15) is 0 Å². The second kappa shape index (κ2) is 8.22. The fourth-order valence-electron chi connectivity index (χ4n) is 2.12. The molecule has 0 spiro atoms. The molecule has 0 aliphatic rings. The van der Waals surface area contributed by atoms with Gasteiger partial charge in [-0.25, -0.2) is 0 Å².